The average Bonchev–Trinajstić information content (AvgIpc) is 2.90. The maximum absolute atomic E-state index is 13.4. The van der Waals surface area contributed by atoms with Gasteiger partial charge in [0.15, 0.2) is 5.78 Å². The van der Waals surface area contributed by atoms with Gasteiger partial charge in [-0.2, -0.15) is 0 Å². The Labute approximate surface area is 209 Å². The van der Waals surface area contributed by atoms with Gasteiger partial charge in [0.2, 0.25) is 5.55 Å². The molecule has 2 aliphatic heterocycles. The van der Waals surface area contributed by atoms with Gasteiger partial charge in [0.1, 0.15) is 11.1 Å². The van der Waals surface area contributed by atoms with Gasteiger partial charge in [-0.25, -0.2) is 4.99 Å². The third-order valence-electron chi connectivity index (χ3n) is 7.01. The summed E-state index contributed by atoms with van der Waals surface area (Å²) in [4.78, 5) is 32.3. The molecule has 0 saturated carbocycles. The molecule has 6 nitrogen and oxygen atoms in total. The number of para-hydroxylation sites is 1. The Hall–Kier alpha value is -4.19. The zero-order chi connectivity index (χ0) is 24.6. The second-order valence-electron chi connectivity index (χ2n) is 9.48. The number of ketones is 1. The minimum absolute atomic E-state index is 0.00621. The molecule has 36 heavy (non-hydrogen) atoms. The van der Waals surface area contributed by atoms with Gasteiger partial charge in [-0.1, -0.05) is 18.2 Å². The molecular weight excluding hydrogens is 450 g/mol. The van der Waals surface area contributed by atoms with E-state index in [2.05, 4.69) is 16.3 Å². The summed E-state index contributed by atoms with van der Waals surface area (Å²) in [6.45, 7) is 3.68. The minimum atomic E-state index is -0.279. The van der Waals surface area contributed by atoms with Crippen LogP contribution in [0, 0.1) is 0 Å². The minimum Gasteiger partial charge on any atom is -0.437 e. The first kappa shape index (κ1) is 22.3. The Morgan fingerprint density at radius 1 is 0.944 bits per heavy atom. The van der Waals surface area contributed by atoms with Gasteiger partial charge >= 0.3 is 0 Å². The van der Waals surface area contributed by atoms with Crippen molar-refractivity contribution in [3.63, 3.8) is 0 Å². The number of amides is 1. The Kier molecular flexibility index (Phi) is 5.64. The lowest BCUT2D eigenvalue weighted by Crippen LogP contribution is -2.34. The highest BCUT2D eigenvalue weighted by molar-refractivity contribution is 6.06. The second kappa shape index (κ2) is 9.11. The van der Waals surface area contributed by atoms with Gasteiger partial charge < -0.3 is 14.6 Å². The summed E-state index contributed by atoms with van der Waals surface area (Å²) < 4.78 is 6.48. The van der Waals surface area contributed by atoms with Crippen molar-refractivity contribution >= 4 is 39.7 Å². The number of hydrogen-bond donors (Lipinski definition) is 1. The first-order chi connectivity index (χ1) is 17.6. The molecule has 0 atom stereocenters. The summed E-state index contributed by atoms with van der Waals surface area (Å²) in [7, 11) is 0. The fourth-order valence-corrected chi connectivity index (χ4v) is 5.31. The summed E-state index contributed by atoms with van der Waals surface area (Å²) in [6, 6.07) is 20.5. The Morgan fingerprint density at radius 3 is 2.44 bits per heavy atom. The van der Waals surface area contributed by atoms with Crippen LogP contribution in [-0.4, -0.2) is 24.8 Å². The number of hydrogen-bond acceptors (Lipinski definition) is 5. The van der Waals surface area contributed by atoms with Crippen molar-refractivity contribution in [2.24, 2.45) is 4.99 Å². The number of carbonyl (C=O) groups is 2. The predicted molar refractivity (Wildman–Crippen MR) is 141 cm³/mol. The molecule has 3 heterocycles. The number of Topliss-reactive ketones (excluding diaryl/α,β-unsaturated/α-hetero) is 1. The van der Waals surface area contributed by atoms with Crippen LogP contribution in [0.15, 0.2) is 76.1 Å². The van der Waals surface area contributed by atoms with E-state index in [1.54, 1.807) is 24.3 Å². The summed E-state index contributed by atoms with van der Waals surface area (Å²) in [5, 5.41) is 3.90. The normalized spacial score (nSPS) is 15.0. The lowest BCUT2D eigenvalue weighted by atomic mass is 9.90. The van der Waals surface area contributed by atoms with Crippen LogP contribution in [0.5, 0.6) is 0 Å². The lowest BCUT2D eigenvalue weighted by Gasteiger charge is -2.37. The fraction of sp³-hybridized carbons (Fsp3) is 0.233. The topological polar surface area (TPSA) is 74.9 Å². The molecule has 0 fully saturated rings. The van der Waals surface area contributed by atoms with Crippen molar-refractivity contribution < 1.29 is 14.0 Å². The van der Waals surface area contributed by atoms with Gasteiger partial charge in [0, 0.05) is 41.0 Å². The molecule has 0 aliphatic carbocycles. The maximum Gasteiger partial charge on any atom is 0.261 e. The van der Waals surface area contributed by atoms with Gasteiger partial charge in [0.05, 0.1) is 5.69 Å². The number of anilines is 2. The van der Waals surface area contributed by atoms with Crippen LogP contribution in [0.2, 0.25) is 0 Å². The number of nitrogens with zero attached hydrogens (tertiary/aromatic N) is 2. The van der Waals surface area contributed by atoms with Crippen molar-refractivity contribution in [2.75, 3.05) is 23.3 Å². The molecule has 6 heteroatoms. The monoisotopic (exact) mass is 477 g/mol. The van der Waals surface area contributed by atoms with Crippen LogP contribution >= 0.6 is 0 Å². The van der Waals surface area contributed by atoms with Crippen LogP contribution in [0.1, 0.15) is 51.6 Å². The fourth-order valence-electron chi connectivity index (χ4n) is 5.31. The highest BCUT2D eigenvalue weighted by Crippen LogP contribution is 2.39. The van der Waals surface area contributed by atoms with Gasteiger partial charge in [-0.15, -0.1) is 0 Å². The van der Waals surface area contributed by atoms with Crippen molar-refractivity contribution in [3.05, 3.63) is 94.5 Å². The molecular formula is C30H27N3O3. The molecule has 6 rings (SSSR count). The summed E-state index contributed by atoms with van der Waals surface area (Å²) >= 11 is 0. The molecule has 0 saturated heterocycles. The van der Waals surface area contributed by atoms with Crippen LogP contribution in [0.25, 0.3) is 11.0 Å². The van der Waals surface area contributed by atoms with E-state index < -0.39 is 0 Å². The first-order valence-electron chi connectivity index (χ1n) is 12.5. The molecule has 180 valence electrons. The summed E-state index contributed by atoms with van der Waals surface area (Å²) in [5.41, 5.74) is 7.22. The van der Waals surface area contributed by atoms with Crippen LogP contribution in [0.4, 0.5) is 17.1 Å². The zero-order valence-corrected chi connectivity index (χ0v) is 20.2. The number of benzene rings is 3. The largest absolute Gasteiger partial charge is 0.437 e. The van der Waals surface area contributed by atoms with Crippen LogP contribution in [0.3, 0.4) is 0 Å². The van der Waals surface area contributed by atoms with Crippen LogP contribution < -0.4 is 15.8 Å². The Balaban J connectivity index is 1.54. The van der Waals surface area contributed by atoms with E-state index in [9.17, 15) is 9.59 Å². The number of fused-ring (bicyclic) bond motifs is 2. The first-order valence-corrected chi connectivity index (χ1v) is 12.5. The quantitative estimate of drug-likeness (QED) is 0.376. The predicted octanol–water partition coefficient (Wildman–Crippen LogP) is 5.82. The smallest absolute Gasteiger partial charge is 0.261 e. The molecule has 1 amide bonds. The van der Waals surface area contributed by atoms with Crippen molar-refractivity contribution in [3.8, 4) is 0 Å². The number of nitrogens with one attached hydrogen (secondary N) is 1. The molecule has 0 radical (unpaired) electrons. The standard InChI is InChI=1S/C30H27N3O3/c1-19(34)20-11-13-24(14-12-20)32-30-26(29(35)31-23-8-3-2-4-9-23)18-22-17-21-7-5-15-33-16-6-10-25(27(21)33)28(22)36-30/h2-4,8-9,11-14,17-18H,5-7,10,15-16H2,1H3,(H,31,35). The molecule has 0 bridgehead atoms. The van der Waals surface area contributed by atoms with Gasteiger partial charge in [0.25, 0.3) is 5.91 Å². The van der Waals surface area contributed by atoms with Crippen molar-refractivity contribution in [1.82, 2.24) is 0 Å². The van der Waals surface area contributed by atoms with Crippen LogP contribution in [-0.2, 0) is 12.8 Å². The van der Waals surface area contributed by atoms with E-state index in [1.807, 2.05) is 36.4 Å². The number of aryl methyl sites for hydroxylation is 2. The second-order valence-corrected chi connectivity index (χ2v) is 9.48. The highest BCUT2D eigenvalue weighted by Gasteiger charge is 2.27. The molecule has 1 N–H and O–H groups in total. The summed E-state index contributed by atoms with van der Waals surface area (Å²) in [6.07, 6.45) is 4.20. The SMILES string of the molecule is CC(=O)c1ccc(N=c2oc3c4c5c(cc3cc2C(=O)Nc2ccccc2)CCCN5CCC4)cc1. The molecule has 1 aromatic heterocycles. The van der Waals surface area contributed by atoms with Gasteiger partial charge in [-0.05, 0) is 86.7 Å². The van der Waals surface area contributed by atoms with E-state index in [0.29, 0.717) is 22.5 Å². The maximum atomic E-state index is 13.4. The van der Waals surface area contributed by atoms with Crippen molar-refractivity contribution in [2.45, 2.75) is 32.6 Å². The van der Waals surface area contributed by atoms with Crippen molar-refractivity contribution in [1.29, 1.82) is 0 Å². The van der Waals surface area contributed by atoms with Gasteiger partial charge in [-0.3, -0.25) is 9.59 Å². The lowest BCUT2D eigenvalue weighted by molar-refractivity contribution is 0.101. The summed E-state index contributed by atoms with van der Waals surface area (Å²) in [5.74, 6) is -0.285. The van der Waals surface area contributed by atoms with E-state index >= 15 is 0 Å². The molecule has 0 spiro atoms. The average molecular weight is 478 g/mol. The molecule has 2 aliphatic rings. The highest BCUT2D eigenvalue weighted by atomic mass is 16.3. The van der Waals surface area contributed by atoms with E-state index in [-0.39, 0.29) is 17.2 Å². The molecule has 3 aromatic carbocycles. The number of rotatable bonds is 4. The number of carbonyl (C=O) groups excluding carboxylic acids is 2. The van der Waals surface area contributed by atoms with E-state index in [0.717, 1.165) is 49.7 Å². The molecule has 4 aromatic rings. The molecule has 0 unspecified atom stereocenters. The van der Waals surface area contributed by atoms with E-state index in [4.69, 9.17) is 9.41 Å². The third-order valence-corrected chi connectivity index (χ3v) is 7.01. The van der Waals surface area contributed by atoms with E-state index in [1.165, 1.54) is 23.7 Å². The Bertz CT molecular complexity index is 1550. The third kappa shape index (κ3) is 4.09. The zero-order valence-electron chi connectivity index (χ0n) is 20.2. The Morgan fingerprint density at radius 2 is 1.69 bits per heavy atom.